The van der Waals surface area contributed by atoms with Crippen LogP contribution >= 0.6 is 0 Å². The molecule has 0 radical (unpaired) electrons. The van der Waals surface area contributed by atoms with E-state index in [1.54, 1.807) is 31.0 Å². The first-order chi connectivity index (χ1) is 17.5. The first kappa shape index (κ1) is 23.2. The van der Waals surface area contributed by atoms with Crippen LogP contribution < -0.4 is 20.1 Å². The molecule has 5 rings (SSSR count). The maximum absolute atomic E-state index is 13.8. The Morgan fingerprint density at radius 3 is 2.53 bits per heavy atom. The minimum absolute atomic E-state index is 0.268. The molecule has 0 saturated carbocycles. The molecule has 0 saturated heterocycles. The van der Waals surface area contributed by atoms with E-state index in [2.05, 4.69) is 10.6 Å². The number of carbonyl (C=O) groups is 1. The second-order valence-electron chi connectivity index (χ2n) is 8.52. The van der Waals surface area contributed by atoms with Gasteiger partial charge in [0.05, 0.1) is 25.5 Å². The fraction of sp³-hybridized carbons (Fsp3) is 0.179. The number of para-hydroxylation sites is 2. The predicted octanol–water partition coefficient (Wildman–Crippen LogP) is 5.20. The maximum atomic E-state index is 13.8. The van der Waals surface area contributed by atoms with Gasteiger partial charge in [0.15, 0.2) is 5.82 Å². The lowest BCUT2D eigenvalue weighted by atomic mass is 9.95. The third-order valence-electron chi connectivity index (χ3n) is 6.25. The molecule has 1 aliphatic heterocycles. The summed E-state index contributed by atoms with van der Waals surface area (Å²) in [6, 6.07) is 22.4. The highest BCUT2D eigenvalue weighted by atomic mass is 16.5. The number of carbonyl (C=O) groups excluding carboxylic acids is 1. The third kappa shape index (κ3) is 4.17. The Bertz CT molecular complexity index is 1470. The van der Waals surface area contributed by atoms with Crippen molar-refractivity contribution >= 4 is 17.5 Å². The van der Waals surface area contributed by atoms with E-state index in [1.165, 1.54) is 0 Å². The number of aryl methyl sites for hydroxylation is 1. The lowest BCUT2D eigenvalue weighted by molar-refractivity contribution is -0.113. The van der Waals surface area contributed by atoms with Crippen LogP contribution in [0.15, 0.2) is 84.1 Å². The van der Waals surface area contributed by atoms with Gasteiger partial charge in [-0.1, -0.05) is 48.5 Å². The molecule has 1 aliphatic rings. The molecule has 8 heteroatoms. The first-order valence-electron chi connectivity index (χ1n) is 11.6. The van der Waals surface area contributed by atoms with Crippen LogP contribution in [0.5, 0.6) is 11.5 Å². The molecule has 182 valence electrons. The van der Waals surface area contributed by atoms with E-state index in [0.717, 1.165) is 16.7 Å². The topological polar surface area (TPSA) is 90.3 Å². The molecule has 2 N–H and O–H groups in total. The summed E-state index contributed by atoms with van der Waals surface area (Å²) in [6.07, 6.45) is 0. The molecule has 8 nitrogen and oxygen atoms in total. The van der Waals surface area contributed by atoms with Crippen LogP contribution in [0.3, 0.4) is 0 Å². The average Bonchev–Trinajstić information content (AvgIpc) is 3.31. The number of nitrogens with zero attached hydrogens (tertiary/aromatic N) is 3. The summed E-state index contributed by atoms with van der Waals surface area (Å²) in [5.74, 6) is 2.15. The molecule has 0 fully saturated rings. The summed E-state index contributed by atoms with van der Waals surface area (Å²) in [5.41, 5.74) is 4.64. The minimum atomic E-state index is -0.531. The molecule has 3 aromatic carbocycles. The van der Waals surface area contributed by atoms with Crippen LogP contribution in [0, 0.1) is 6.92 Å². The van der Waals surface area contributed by atoms with E-state index in [4.69, 9.17) is 19.6 Å². The second kappa shape index (κ2) is 9.58. The molecule has 1 atom stereocenters. The van der Waals surface area contributed by atoms with Crippen molar-refractivity contribution in [3.05, 3.63) is 95.2 Å². The van der Waals surface area contributed by atoms with Gasteiger partial charge in [-0.25, -0.2) is 4.68 Å². The number of allylic oxidation sites excluding steroid dienone is 1. The summed E-state index contributed by atoms with van der Waals surface area (Å²) in [6.45, 7) is 3.90. The van der Waals surface area contributed by atoms with Crippen molar-refractivity contribution in [3.63, 3.8) is 0 Å². The number of aromatic nitrogens is 3. The fourth-order valence-electron chi connectivity index (χ4n) is 4.44. The Balaban J connectivity index is 1.63. The minimum Gasteiger partial charge on any atom is -0.497 e. The molecular weight excluding hydrogens is 454 g/mol. The Morgan fingerprint density at radius 1 is 0.972 bits per heavy atom. The largest absolute Gasteiger partial charge is 0.497 e. The van der Waals surface area contributed by atoms with Crippen molar-refractivity contribution in [3.8, 4) is 22.9 Å². The van der Waals surface area contributed by atoms with Gasteiger partial charge in [0.1, 0.15) is 17.5 Å². The Morgan fingerprint density at radius 2 is 1.75 bits per heavy atom. The van der Waals surface area contributed by atoms with E-state index in [9.17, 15) is 4.79 Å². The van der Waals surface area contributed by atoms with Crippen molar-refractivity contribution in [2.24, 2.45) is 0 Å². The molecular formula is C28H27N5O3. The van der Waals surface area contributed by atoms with Crippen LogP contribution in [-0.4, -0.2) is 34.9 Å². The van der Waals surface area contributed by atoms with Gasteiger partial charge in [-0.2, -0.15) is 4.98 Å². The van der Waals surface area contributed by atoms with Gasteiger partial charge < -0.3 is 20.1 Å². The molecule has 2 heterocycles. The summed E-state index contributed by atoms with van der Waals surface area (Å²) in [7, 11) is 3.20. The molecule has 0 spiro atoms. The summed E-state index contributed by atoms with van der Waals surface area (Å²) >= 11 is 0. The zero-order valence-electron chi connectivity index (χ0n) is 20.6. The second-order valence-corrected chi connectivity index (χ2v) is 8.52. The Labute approximate surface area is 209 Å². The molecule has 36 heavy (non-hydrogen) atoms. The average molecular weight is 482 g/mol. The van der Waals surface area contributed by atoms with Gasteiger partial charge in [0, 0.05) is 11.3 Å². The van der Waals surface area contributed by atoms with E-state index in [-0.39, 0.29) is 5.91 Å². The van der Waals surface area contributed by atoms with Crippen molar-refractivity contribution in [2.45, 2.75) is 19.9 Å². The number of rotatable bonds is 6. The van der Waals surface area contributed by atoms with E-state index in [0.29, 0.717) is 40.2 Å². The standard InChI is InChI=1S/C28H27N5O3/c1-17-10-5-6-13-21(17)26-31-28-29-18(2)24(27(34)30-22-14-7-8-15-23(22)36-4)25(33(28)32-26)19-11-9-12-20(16-19)35-3/h5-16,25H,1-4H3,(H,30,34)(H,29,31,32). The van der Waals surface area contributed by atoms with Gasteiger partial charge in [0.25, 0.3) is 5.91 Å². The number of methoxy groups -OCH3 is 2. The van der Waals surface area contributed by atoms with E-state index in [1.807, 2.05) is 74.5 Å². The number of benzene rings is 3. The van der Waals surface area contributed by atoms with Crippen molar-refractivity contribution in [1.82, 2.24) is 14.8 Å². The monoisotopic (exact) mass is 481 g/mol. The SMILES string of the molecule is COc1cccc(C2C(C(=O)Nc3ccccc3OC)=C(C)Nc3nc(-c4ccccc4C)nn32)c1. The van der Waals surface area contributed by atoms with Gasteiger partial charge in [-0.15, -0.1) is 5.10 Å². The van der Waals surface area contributed by atoms with Gasteiger partial charge in [-0.05, 0) is 49.2 Å². The van der Waals surface area contributed by atoms with Gasteiger partial charge in [-0.3, -0.25) is 4.79 Å². The number of anilines is 2. The first-order valence-corrected chi connectivity index (χ1v) is 11.6. The number of hydrogen-bond acceptors (Lipinski definition) is 6. The Kier molecular flexibility index (Phi) is 6.16. The zero-order chi connectivity index (χ0) is 25.2. The van der Waals surface area contributed by atoms with Crippen molar-refractivity contribution in [2.75, 3.05) is 24.9 Å². The van der Waals surface area contributed by atoms with Crippen LogP contribution in [0.1, 0.15) is 24.1 Å². The van der Waals surface area contributed by atoms with Crippen LogP contribution in [0.4, 0.5) is 11.6 Å². The number of amides is 1. The van der Waals surface area contributed by atoms with Crippen LogP contribution in [0.25, 0.3) is 11.4 Å². The normalized spacial score (nSPS) is 14.6. The van der Waals surface area contributed by atoms with Crippen molar-refractivity contribution in [1.29, 1.82) is 0 Å². The van der Waals surface area contributed by atoms with Gasteiger partial charge >= 0.3 is 0 Å². The molecule has 1 aromatic heterocycles. The molecule has 1 amide bonds. The highest BCUT2D eigenvalue weighted by Crippen LogP contribution is 2.38. The maximum Gasteiger partial charge on any atom is 0.255 e. The highest BCUT2D eigenvalue weighted by Gasteiger charge is 2.35. The summed E-state index contributed by atoms with van der Waals surface area (Å²) < 4.78 is 12.7. The smallest absolute Gasteiger partial charge is 0.255 e. The highest BCUT2D eigenvalue weighted by molar-refractivity contribution is 6.06. The lowest BCUT2D eigenvalue weighted by Crippen LogP contribution is -2.31. The lowest BCUT2D eigenvalue weighted by Gasteiger charge is -2.29. The summed E-state index contributed by atoms with van der Waals surface area (Å²) in [5, 5.41) is 11.2. The van der Waals surface area contributed by atoms with E-state index < -0.39 is 6.04 Å². The fourth-order valence-corrected chi connectivity index (χ4v) is 4.44. The van der Waals surface area contributed by atoms with Crippen LogP contribution in [0.2, 0.25) is 0 Å². The number of nitrogens with one attached hydrogen (secondary N) is 2. The zero-order valence-corrected chi connectivity index (χ0v) is 20.6. The number of fused-ring (bicyclic) bond motifs is 1. The number of hydrogen-bond donors (Lipinski definition) is 2. The third-order valence-corrected chi connectivity index (χ3v) is 6.25. The van der Waals surface area contributed by atoms with E-state index >= 15 is 0 Å². The molecule has 1 unspecified atom stereocenters. The molecule has 0 aliphatic carbocycles. The van der Waals surface area contributed by atoms with Crippen LogP contribution in [-0.2, 0) is 4.79 Å². The quantitative estimate of drug-likeness (QED) is 0.394. The van der Waals surface area contributed by atoms with Gasteiger partial charge in [0.2, 0.25) is 5.95 Å². The molecule has 4 aromatic rings. The Hall–Kier alpha value is -4.59. The van der Waals surface area contributed by atoms with Crippen molar-refractivity contribution < 1.29 is 14.3 Å². The number of ether oxygens (including phenoxy) is 2. The summed E-state index contributed by atoms with van der Waals surface area (Å²) in [4.78, 5) is 18.5. The molecule has 0 bridgehead atoms. The predicted molar refractivity (Wildman–Crippen MR) is 139 cm³/mol.